The van der Waals surface area contributed by atoms with Gasteiger partial charge >= 0.3 is 0 Å². The summed E-state index contributed by atoms with van der Waals surface area (Å²) in [7, 11) is 0. The Morgan fingerprint density at radius 1 is 0.822 bits per heavy atom. The zero-order chi connectivity index (χ0) is 31.6. The first kappa shape index (κ1) is 30.0. The summed E-state index contributed by atoms with van der Waals surface area (Å²) >= 11 is 0. The van der Waals surface area contributed by atoms with Crippen molar-refractivity contribution in [2.45, 2.75) is 44.3 Å². The van der Waals surface area contributed by atoms with Gasteiger partial charge in [0.05, 0.1) is 17.8 Å². The monoisotopic (exact) mass is 595 g/mol. The van der Waals surface area contributed by atoms with Gasteiger partial charge in [-0.2, -0.15) is 0 Å². The van der Waals surface area contributed by atoms with Crippen LogP contribution >= 0.6 is 0 Å². The van der Waals surface area contributed by atoms with E-state index in [1.54, 1.807) is 19.2 Å². The molecule has 0 radical (unpaired) electrons. The molecule has 0 saturated carbocycles. The molecule has 2 heterocycles. The molecule has 6 rings (SSSR count). The molecule has 4 aromatic carbocycles. The van der Waals surface area contributed by atoms with Gasteiger partial charge in [0.15, 0.2) is 6.29 Å². The highest BCUT2D eigenvalue weighted by molar-refractivity contribution is 6.28. The Balaban J connectivity index is 1.46. The second-order valence-electron chi connectivity index (χ2n) is 12.2. The van der Waals surface area contributed by atoms with Gasteiger partial charge in [0.25, 0.3) is 0 Å². The number of benzene rings is 4. The van der Waals surface area contributed by atoms with Crippen molar-refractivity contribution in [3.63, 3.8) is 0 Å². The lowest BCUT2D eigenvalue weighted by Crippen LogP contribution is -2.51. The van der Waals surface area contributed by atoms with E-state index in [-0.39, 0.29) is 5.75 Å². The molecule has 1 aliphatic heterocycles. The van der Waals surface area contributed by atoms with Crippen LogP contribution in [0.3, 0.4) is 0 Å². The highest BCUT2D eigenvalue weighted by Gasteiger charge is 2.50. The number of hydrogen-bond acceptors (Lipinski definition) is 6. The fourth-order valence-electron chi connectivity index (χ4n) is 6.96. The van der Waals surface area contributed by atoms with Crippen molar-refractivity contribution < 1.29 is 14.7 Å². The number of aromatic nitrogens is 1. The van der Waals surface area contributed by atoms with Crippen LogP contribution in [0.25, 0.3) is 0 Å². The first-order chi connectivity index (χ1) is 21.8. The minimum Gasteiger partial charge on any atom is -0.506 e. The standard InChI is InChI=1S/C39H37N3O3/c1-28-36(45)29(23-24-40-28)25-41-27-42(37(35(44)26-43)38(41,2)3)34-21-19-33(20-22-34)39(30-13-7-4-8-14-30,31-15-9-5-10-16-31)32-17-11-6-12-18-32/h4-24,26,37,45H,25,27H2,1-3H3. The summed E-state index contributed by atoms with van der Waals surface area (Å²) in [6, 6.07) is 41.0. The molecular formula is C39H37N3O3. The number of Topliss-reactive ketones (excluding diaryl/α,β-unsaturated/α-hetero) is 1. The molecule has 0 bridgehead atoms. The molecule has 0 spiro atoms. The topological polar surface area (TPSA) is 73.7 Å². The number of nitrogens with zero attached hydrogens (tertiary/aromatic N) is 3. The average Bonchev–Trinajstić information content (AvgIpc) is 3.34. The van der Waals surface area contributed by atoms with Crippen molar-refractivity contribution in [1.82, 2.24) is 9.88 Å². The Hall–Kier alpha value is -5.07. The van der Waals surface area contributed by atoms with Crippen LogP contribution in [0.5, 0.6) is 5.75 Å². The molecule has 226 valence electrons. The van der Waals surface area contributed by atoms with Crippen LogP contribution in [-0.4, -0.2) is 45.3 Å². The normalized spacial score (nSPS) is 16.4. The zero-order valence-electron chi connectivity index (χ0n) is 25.8. The van der Waals surface area contributed by atoms with Crippen molar-refractivity contribution >= 4 is 17.8 Å². The molecule has 6 nitrogen and oxygen atoms in total. The summed E-state index contributed by atoms with van der Waals surface area (Å²) in [5.74, 6) is -0.331. The molecule has 1 saturated heterocycles. The predicted octanol–water partition coefficient (Wildman–Crippen LogP) is 6.67. The number of ketones is 1. The highest BCUT2D eigenvalue weighted by Crippen LogP contribution is 2.46. The quantitative estimate of drug-likeness (QED) is 0.117. The molecule has 1 aromatic heterocycles. The molecule has 1 aliphatic rings. The number of aromatic hydroxyl groups is 1. The van der Waals surface area contributed by atoms with Crippen LogP contribution < -0.4 is 4.90 Å². The molecular weight excluding hydrogens is 558 g/mol. The average molecular weight is 596 g/mol. The maximum Gasteiger partial charge on any atom is 0.219 e. The highest BCUT2D eigenvalue weighted by atomic mass is 16.3. The van der Waals surface area contributed by atoms with Crippen LogP contribution in [0, 0.1) is 6.92 Å². The lowest BCUT2D eigenvalue weighted by Gasteiger charge is -2.37. The van der Waals surface area contributed by atoms with E-state index in [9.17, 15) is 14.7 Å². The van der Waals surface area contributed by atoms with E-state index in [0.717, 1.165) is 33.5 Å². The van der Waals surface area contributed by atoms with Gasteiger partial charge in [-0.1, -0.05) is 103 Å². The van der Waals surface area contributed by atoms with Crippen LogP contribution in [0.2, 0.25) is 0 Å². The molecule has 0 amide bonds. The van der Waals surface area contributed by atoms with E-state index in [1.165, 1.54) is 0 Å². The number of aryl methyl sites for hydroxylation is 1. The Bertz CT molecular complexity index is 1690. The molecule has 1 atom stereocenters. The number of hydrogen-bond donors (Lipinski definition) is 1. The molecule has 0 aliphatic carbocycles. The van der Waals surface area contributed by atoms with E-state index < -0.39 is 22.8 Å². The third-order valence-electron chi connectivity index (χ3n) is 9.31. The van der Waals surface area contributed by atoms with Crippen molar-refractivity contribution in [3.05, 3.63) is 161 Å². The van der Waals surface area contributed by atoms with E-state index in [2.05, 4.69) is 107 Å². The Morgan fingerprint density at radius 3 is 1.80 bits per heavy atom. The smallest absolute Gasteiger partial charge is 0.219 e. The van der Waals surface area contributed by atoms with E-state index >= 15 is 0 Å². The van der Waals surface area contributed by atoms with Crippen LogP contribution in [0.15, 0.2) is 128 Å². The number of anilines is 1. The minimum atomic E-state index is -0.701. The lowest BCUT2D eigenvalue weighted by molar-refractivity contribution is -0.131. The fraction of sp³-hybridized carbons (Fsp3) is 0.205. The number of rotatable bonds is 9. The fourth-order valence-corrected chi connectivity index (χ4v) is 6.96. The molecule has 1 fully saturated rings. The maximum absolute atomic E-state index is 13.2. The van der Waals surface area contributed by atoms with Crippen molar-refractivity contribution in [2.24, 2.45) is 0 Å². The first-order valence-corrected chi connectivity index (χ1v) is 15.2. The second kappa shape index (κ2) is 12.1. The van der Waals surface area contributed by atoms with Gasteiger partial charge < -0.3 is 10.0 Å². The van der Waals surface area contributed by atoms with Gasteiger partial charge in [-0.25, -0.2) is 0 Å². The summed E-state index contributed by atoms with van der Waals surface area (Å²) in [6.45, 7) is 6.52. The molecule has 6 heteroatoms. The van der Waals surface area contributed by atoms with E-state index in [4.69, 9.17) is 0 Å². The number of pyridine rings is 1. The third kappa shape index (κ3) is 5.21. The summed E-state index contributed by atoms with van der Waals surface area (Å²) in [5, 5.41) is 10.7. The minimum absolute atomic E-state index is 0.147. The molecule has 45 heavy (non-hydrogen) atoms. The maximum atomic E-state index is 13.2. The van der Waals surface area contributed by atoms with Crippen molar-refractivity contribution in [3.8, 4) is 5.75 Å². The van der Waals surface area contributed by atoms with Gasteiger partial charge in [0.1, 0.15) is 11.8 Å². The predicted molar refractivity (Wildman–Crippen MR) is 177 cm³/mol. The second-order valence-corrected chi connectivity index (χ2v) is 12.2. The molecule has 1 unspecified atom stereocenters. The summed E-state index contributed by atoms with van der Waals surface area (Å²) < 4.78 is 0. The van der Waals surface area contributed by atoms with Gasteiger partial charge in [-0.15, -0.1) is 0 Å². The first-order valence-electron chi connectivity index (χ1n) is 15.2. The van der Waals surface area contributed by atoms with Crippen molar-refractivity contribution in [2.75, 3.05) is 11.6 Å². The van der Waals surface area contributed by atoms with Crippen molar-refractivity contribution in [1.29, 1.82) is 0 Å². The van der Waals surface area contributed by atoms with Gasteiger partial charge in [-0.3, -0.25) is 19.5 Å². The third-order valence-corrected chi connectivity index (χ3v) is 9.31. The Morgan fingerprint density at radius 2 is 1.31 bits per heavy atom. The van der Waals surface area contributed by atoms with Gasteiger partial charge in [0, 0.05) is 29.5 Å². The Kier molecular flexibility index (Phi) is 8.09. The lowest BCUT2D eigenvalue weighted by atomic mass is 9.65. The van der Waals surface area contributed by atoms with Crippen LogP contribution in [0.4, 0.5) is 5.69 Å². The van der Waals surface area contributed by atoms with Crippen LogP contribution in [0.1, 0.15) is 47.4 Å². The molecule has 5 aromatic rings. The SMILES string of the molecule is Cc1nccc(CN2CN(c3ccc(C(c4ccccc4)(c4ccccc4)c4ccccc4)cc3)C(C(=O)C=O)C2(C)C)c1O. The number of carbonyl (C=O) groups excluding carboxylic acids is 2. The number of aldehydes is 1. The molecule has 1 N–H and O–H groups in total. The summed E-state index contributed by atoms with van der Waals surface area (Å²) in [5.41, 5.74) is 5.35. The zero-order valence-corrected chi connectivity index (χ0v) is 25.8. The summed E-state index contributed by atoms with van der Waals surface area (Å²) in [6.07, 6.45) is 2.10. The largest absolute Gasteiger partial charge is 0.506 e. The Labute approximate surface area is 264 Å². The van der Waals surface area contributed by atoms with Gasteiger partial charge in [0.2, 0.25) is 5.78 Å². The number of carbonyl (C=O) groups is 2. The van der Waals surface area contributed by atoms with E-state index in [0.29, 0.717) is 25.2 Å². The van der Waals surface area contributed by atoms with Gasteiger partial charge in [-0.05, 0) is 61.2 Å². The summed E-state index contributed by atoms with van der Waals surface area (Å²) in [4.78, 5) is 33.5. The van der Waals surface area contributed by atoms with E-state index in [1.807, 2.05) is 36.9 Å². The van der Waals surface area contributed by atoms with Crippen LogP contribution in [-0.2, 0) is 21.5 Å².